The lowest BCUT2D eigenvalue weighted by atomic mass is 9.95. The monoisotopic (exact) mass is 252 g/mol. The van der Waals surface area contributed by atoms with Crippen LogP contribution in [0.2, 0.25) is 0 Å². The lowest BCUT2D eigenvalue weighted by Gasteiger charge is -2.21. The number of nitrogens with two attached hydrogens (primary N) is 1. The fraction of sp³-hybridized carbons (Fsp3) is 0.615. The molecule has 0 saturated heterocycles. The average Bonchev–Trinajstić information content (AvgIpc) is 2.70. The number of aliphatic hydroxyl groups excluding tert-OH is 1. The second-order valence-corrected chi connectivity index (χ2v) is 4.51. The standard InChI is InChI=1S/C13H20N2O3/c1-2-18-13(17)10-8-9-4-3-5-11(16)12(9)15(10)7-6-14/h8,11,16H,2-7,14H2,1H3. The molecular formula is C13H20N2O3. The van der Waals surface area contributed by atoms with Crippen molar-refractivity contribution < 1.29 is 14.6 Å². The van der Waals surface area contributed by atoms with Crippen molar-refractivity contribution in [2.45, 2.75) is 38.8 Å². The van der Waals surface area contributed by atoms with Gasteiger partial charge in [0.2, 0.25) is 0 Å². The van der Waals surface area contributed by atoms with E-state index in [4.69, 9.17) is 10.5 Å². The van der Waals surface area contributed by atoms with Crippen molar-refractivity contribution in [2.75, 3.05) is 13.2 Å². The Kier molecular flexibility index (Phi) is 4.04. The van der Waals surface area contributed by atoms with E-state index in [0.717, 1.165) is 30.5 Å². The maximum Gasteiger partial charge on any atom is 0.354 e. The molecule has 0 amide bonds. The lowest BCUT2D eigenvalue weighted by Crippen LogP contribution is -2.21. The Morgan fingerprint density at radius 2 is 2.44 bits per heavy atom. The third-order valence-corrected chi connectivity index (χ3v) is 3.30. The molecule has 0 saturated carbocycles. The number of esters is 1. The highest BCUT2D eigenvalue weighted by Gasteiger charge is 2.27. The van der Waals surface area contributed by atoms with Crippen LogP contribution >= 0.6 is 0 Å². The maximum atomic E-state index is 11.9. The molecule has 1 aliphatic carbocycles. The number of fused-ring (bicyclic) bond motifs is 1. The van der Waals surface area contributed by atoms with Crippen LogP contribution in [0.5, 0.6) is 0 Å². The Labute approximate surface area is 107 Å². The largest absolute Gasteiger partial charge is 0.461 e. The molecule has 1 heterocycles. The van der Waals surface area contributed by atoms with E-state index in [-0.39, 0.29) is 5.97 Å². The Morgan fingerprint density at radius 1 is 1.67 bits per heavy atom. The predicted molar refractivity (Wildman–Crippen MR) is 67.3 cm³/mol. The van der Waals surface area contributed by atoms with Gasteiger partial charge in [0.15, 0.2) is 0 Å². The van der Waals surface area contributed by atoms with Crippen LogP contribution in [0, 0.1) is 0 Å². The van der Waals surface area contributed by atoms with Crippen molar-refractivity contribution >= 4 is 5.97 Å². The minimum Gasteiger partial charge on any atom is -0.461 e. The Bertz CT molecular complexity index is 440. The van der Waals surface area contributed by atoms with Crippen LogP contribution in [0.4, 0.5) is 0 Å². The quantitative estimate of drug-likeness (QED) is 0.783. The number of carbonyl (C=O) groups is 1. The fourth-order valence-corrected chi connectivity index (χ4v) is 2.58. The van der Waals surface area contributed by atoms with Gasteiger partial charge in [0.1, 0.15) is 5.69 Å². The van der Waals surface area contributed by atoms with Crippen molar-refractivity contribution in [3.8, 4) is 0 Å². The van der Waals surface area contributed by atoms with Crippen molar-refractivity contribution in [1.82, 2.24) is 4.57 Å². The van der Waals surface area contributed by atoms with E-state index >= 15 is 0 Å². The minimum absolute atomic E-state index is 0.340. The van der Waals surface area contributed by atoms with Gasteiger partial charge in [-0.3, -0.25) is 0 Å². The van der Waals surface area contributed by atoms with E-state index in [2.05, 4.69) is 0 Å². The van der Waals surface area contributed by atoms with Gasteiger partial charge >= 0.3 is 5.97 Å². The molecule has 1 aromatic rings. The third-order valence-electron chi connectivity index (χ3n) is 3.30. The molecule has 18 heavy (non-hydrogen) atoms. The van der Waals surface area contributed by atoms with Crippen LogP contribution < -0.4 is 5.73 Å². The van der Waals surface area contributed by atoms with Crippen molar-refractivity contribution in [2.24, 2.45) is 5.73 Å². The number of carbonyl (C=O) groups excluding carboxylic acids is 1. The zero-order valence-electron chi connectivity index (χ0n) is 10.7. The number of hydrogen-bond acceptors (Lipinski definition) is 4. The second-order valence-electron chi connectivity index (χ2n) is 4.51. The number of rotatable bonds is 4. The first-order valence-electron chi connectivity index (χ1n) is 6.46. The molecule has 0 radical (unpaired) electrons. The Morgan fingerprint density at radius 3 is 3.11 bits per heavy atom. The van der Waals surface area contributed by atoms with Crippen LogP contribution in [0.3, 0.4) is 0 Å². The third kappa shape index (κ3) is 2.28. The number of ether oxygens (including phenoxy) is 1. The molecule has 0 fully saturated rings. The van der Waals surface area contributed by atoms with E-state index in [9.17, 15) is 9.90 Å². The topological polar surface area (TPSA) is 77.5 Å². The summed E-state index contributed by atoms with van der Waals surface area (Å²) in [6.07, 6.45) is 2.09. The summed E-state index contributed by atoms with van der Waals surface area (Å²) in [5.41, 5.74) is 7.98. The first-order valence-corrected chi connectivity index (χ1v) is 6.46. The van der Waals surface area contributed by atoms with E-state index in [1.54, 1.807) is 6.92 Å². The summed E-state index contributed by atoms with van der Waals surface area (Å²) in [5, 5.41) is 10.1. The van der Waals surface area contributed by atoms with Gasteiger partial charge in [-0.25, -0.2) is 4.79 Å². The Balaban J connectivity index is 2.43. The lowest BCUT2D eigenvalue weighted by molar-refractivity contribution is 0.0512. The molecule has 5 heteroatoms. The molecule has 0 aromatic carbocycles. The van der Waals surface area contributed by atoms with Crippen LogP contribution in [-0.2, 0) is 17.7 Å². The normalized spacial score (nSPS) is 18.5. The highest BCUT2D eigenvalue weighted by atomic mass is 16.5. The molecule has 1 aliphatic rings. The average molecular weight is 252 g/mol. The summed E-state index contributed by atoms with van der Waals surface area (Å²) in [6, 6.07) is 1.84. The van der Waals surface area contributed by atoms with Crippen LogP contribution in [-0.4, -0.2) is 28.8 Å². The number of aliphatic hydroxyl groups is 1. The predicted octanol–water partition coefficient (Wildman–Crippen LogP) is 0.993. The summed E-state index contributed by atoms with van der Waals surface area (Å²) >= 11 is 0. The summed E-state index contributed by atoms with van der Waals surface area (Å²) < 4.78 is 6.86. The van der Waals surface area contributed by atoms with Crippen LogP contribution in [0.1, 0.15) is 47.6 Å². The zero-order valence-corrected chi connectivity index (χ0v) is 10.7. The zero-order chi connectivity index (χ0) is 13.1. The molecule has 1 aromatic heterocycles. The summed E-state index contributed by atoms with van der Waals surface area (Å²) in [6.45, 7) is 3.09. The van der Waals surface area contributed by atoms with E-state index < -0.39 is 6.10 Å². The van der Waals surface area contributed by atoms with Gasteiger partial charge in [-0.15, -0.1) is 0 Å². The van der Waals surface area contributed by atoms with Crippen LogP contribution in [0.25, 0.3) is 0 Å². The van der Waals surface area contributed by atoms with E-state index in [1.807, 2.05) is 10.6 Å². The molecule has 0 spiro atoms. The van der Waals surface area contributed by atoms with Gasteiger partial charge in [0, 0.05) is 13.1 Å². The SMILES string of the molecule is CCOC(=O)c1cc2c(n1CCN)C(O)CCC2. The van der Waals surface area contributed by atoms with E-state index in [0.29, 0.717) is 25.4 Å². The molecular weight excluding hydrogens is 232 g/mol. The van der Waals surface area contributed by atoms with Gasteiger partial charge in [0.25, 0.3) is 0 Å². The second kappa shape index (κ2) is 5.54. The summed E-state index contributed by atoms with van der Waals surface area (Å²) in [5.74, 6) is -0.340. The highest BCUT2D eigenvalue weighted by molar-refractivity contribution is 5.88. The molecule has 5 nitrogen and oxygen atoms in total. The fourth-order valence-electron chi connectivity index (χ4n) is 2.58. The van der Waals surface area contributed by atoms with Crippen molar-refractivity contribution in [1.29, 1.82) is 0 Å². The first kappa shape index (κ1) is 13.1. The van der Waals surface area contributed by atoms with Gasteiger partial charge < -0.3 is 20.1 Å². The number of hydrogen-bond donors (Lipinski definition) is 2. The van der Waals surface area contributed by atoms with Crippen molar-refractivity contribution in [3.05, 3.63) is 23.0 Å². The van der Waals surface area contributed by atoms with Gasteiger partial charge in [-0.1, -0.05) is 0 Å². The maximum absolute atomic E-state index is 11.9. The van der Waals surface area contributed by atoms with Gasteiger partial charge in [-0.05, 0) is 37.8 Å². The summed E-state index contributed by atoms with van der Waals surface area (Å²) in [7, 11) is 0. The molecule has 1 unspecified atom stereocenters. The minimum atomic E-state index is -0.497. The molecule has 1 atom stereocenters. The van der Waals surface area contributed by atoms with Gasteiger partial charge in [0.05, 0.1) is 18.4 Å². The number of nitrogens with zero attached hydrogens (tertiary/aromatic N) is 1. The van der Waals surface area contributed by atoms with E-state index in [1.165, 1.54) is 0 Å². The number of aryl methyl sites for hydroxylation is 1. The van der Waals surface area contributed by atoms with Crippen molar-refractivity contribution in [3.63, 3.8) is 0 Å². The molecule has 100 valence electrons. The molecule has 3 N–H and O–H groups in total. The summed E-state index contributed by atoms with van der Waals surface area (Å²) in [4.78, 5) is 11.9. The molecule has 2 rings (SSSR count). The first-order chi connectivity index (χ1) is 8.69. The van der Waals surface area contributed by atoms with Crippen LogP contribution in [0.15, 0.2) is 6.07 Å². The highest BCUT2D eigenvalue weighted by Crippen LogP contribution is 2.32. The Hall–Kier alpha value is -1.33. The smallest absolute Gasteiger partial charge is 0.354 e. The number of aromatic nitrogens is 1. The molecule has 0 aliphatic heterocycles. The molecule has 0 bridgehead atoms. The van der Waals surface area contributed by atoms with Gasteiger partial charge in [-0.2, -0.15) is 0 Å².